The number of methoxy groups -OCH3 is 2. The number of piperazine rings is 1. The molecule has 0 atom stereocenters. The summed E-state index contributed by atoms with van der Waals surface area (Å²) in [6, 6.07) is 16.5. The molecule has 4 aromatic rings. The van der Waals surface area contributed by atoms with Gasteiger partial charge in [-0.05, 0) is 48.5 Å². The molecule has 224 valence electrons. The minimum atomic E-state index is -0.495. The van der Waals surface area contributed by atoms with Crippen LogP contribution >= 0.6 is 11.6 Å². The van der Waals surface area contributed by atoms with E-state index < -0.39 is 5.91 Å². The number of carbonyl (C=O) groups is 2. The molecule has 0 aliphatic carbocycles. The number of hydrogen-bond acceptors (Lipinski definition) is 10. The first-order valence-corrected chi connectivity index (χ1v) is 13.6. The average molecular weight is 607 g/mol. The summed E-state index contributed by atoms with van der Waals surface area (Å²) in [5.41, 5.74) is 2.11. The first-order chi connectivity index (χ1) is 20.7. The lowest BCUT2D eigenvalue weighted by Crippen LogP contribution is -2.49. The number of para-hydroxylation sites is 1. The van der Waals surface area contributed by atoms with Gasteiger partial charge in [-0.2, -0.15) is 0 Å². The Morgan fingerprint density at radius 2 is 1.72 bits per heavy atom. The van der Waals surface area contributed by atoms with E-state index in [0.29, 0.717) is 65.9 Å². The van der Waals surface area contributed by atoms with Crippen LogP contribution < -0.4 is 24.9 Å². The second-order valence-electron chi connectivity index (χ2n) is 9.67. The van der Waals surface area contributed by atoms with Gasteiger partial charge in [0.1, 0.15) is 17.2 Å². The SMILES string of the molecule is COc1ccc(C(=O)Nc2cc(N3CCN(C(=O)c4c(-c5ccccc5OC)nnn4C)CC3)c(Cl)cc2N([O-])O)cc1. The third-order valence-electron chi connectivity index (χ3n) is 7.17. The Bertz CT molecular complexity index is 1640. The van der Waals surface area contributed by atoms with Crippen LogP contribution in [0.5, 0.6) is 11.5 Å². The van der Waals surface area contributed by atoms with Crippen molar-refractivity contribution in [1.29, 1.82) is 0 Å². The maximum absolute atomic E-state index is 13.7. The van der Waals surface area contributed by atoms with Gasteiger partial charge in [0.2, 0.25) is 0 Å². The van der Waals surface area contributed by atoms with Crippen LogP contribution in [0.2, 0.25) is 5.02 Å². The van der Waals surface area contributed by atoms with Crippen LogP contribution in [0.15, 0.2) is 60.7 Å². The van der Waals surface area contributed by atoms with E-state index in [1.165, 1.54) is 23.9 Å². The Kier molecular flexibility index (Phi) is 8.66. The molecule has 43 heavy (non-hydrogen) atoms. The predicted molar refractivity (Wildman–Crippen MR) is 161 cm³/mol. The normalized spacial score (nSPS) is 13.1. The van der Waals surface area contributed by atoms with E-state index in [-0.39, 0.29) is 27.5 Å². The van der Waals surface area contributed by atoms with Crippen LogP contribution in [0.3, 0.4) is 0 Å². The number of aromatic nitrogens is 3. The summed E-state index contributed by atoms with van der Waals surface area (Å²) in [5, 5.41) is 32.5. The monoisotopic (exact) mass is 606 g/mol. The fourth-order valence-electron chi connectivity index (χ4n) is 4.91. The number of benzene rings is 3. The molecule has 2 heterocycles. The molecule has 2 amide bonds. The van der Waals surface area contributed by atoms with Gasteiger partial charge < -0.3 is 35.0 Å². The Labute approximate surface area is 252 Å². The minimum absolute atomic E-state index is 0.0682. The maximum atomic E-state index is 13.7. The Morgan fingerprint density at radius 3 is 2.37 bits per heavy atom. The van der Waals surface area contributed by atoms with Crippen molar-refractivity contribution >= 4 is 40.5 Å². The largest absolute Gasteiger partial charge is 0.733 e. The number of amides is 2. The van der Waals surface area contributed by atoms with Crippen molar-refractivity contribution < 1.29 is 24.3 Å². The van der Waals surface area contributed by atoms with Crippen LogP contribution in [-0.4, -0.2) is 77.3 Å². The zero-order valence-corrected chi connectivity index (χ0v) is 24.4. The predicted octanol–water partition coefficient (Wildman–Crippen LogP) is 4.06. The molecule has 1 aliphatic rings. The number of aryl methyl sites for hydroxylation is 1. The molecule has 1 saturated heterocycles. The number of nitrogens with one attached hydrogen (secondary N) is 1. The second kappa shape index (κ2) is 12.6. The molecular formula is C29H29ClN7O6-. The Balaban J connectivity index is 1.34. The standard InChI is InChI=1S/C29H29ClN7O6/c1-34-27(26(32-33-34)20-6-4-5-7-25(20)43-3)29(39)36-14-12-35(13-15-36)23-17-22(24(37(40)41)16-21(23)30)31-28(38)18-8-10-19(42-2)11-9-18/h4-11,16-17,40H,12-15H2,1-3H3,(H,31,38)/q-1. The summed E-state index contributed by atoms with van der Waals surface area (Å²) < 4.78 is 12.0. The summed E-state index contributed by atoms with van der Waals surface area (Å²) in [4.78, 5) is 30.2. The molecule has 0 saturated carbocycles. The zero-order valence-electron chi connectivity index (χ0n) is 23.7. The van der Waals surface area contributed by atoms with Crippen LogP contribution in [0.25, 0.3) is 11.3 Å². The molecule has 5 rings (SSSR count). The molecular weight excluding hydrogens is 578 g/mol. The maximum Gasteiger partial charge on any atom is 0.274 e. The van der Waals surface area contributed by atoms with Gasteiger partial charge in [-0.15, -0.1) is 5.10 Å². The van der Waals surface area contributed by atoms with Crippen LogP contribution in [-0.2, 0) is 7.05 Å². The third-order valence-corrected chi connectivity index (χ3v) is 7.47. The number of nitrogens with zero attached hydrogens (tertiary/aromatic N) is 6. The summed E-state index contributed by atoms with van der Waals surface area (Å²) in [6.07, 6.45) is 0. The molecule has 0 spiro atoms. The van der Waals surface area contributed by atoms with Crippen LogP contribution in [0.1, 0.15) is 20.8 Å². The summed E-state index contributed by atoms with van der Waals surface area (Å²) in [7, 11) is 4.74. The lowest BCUT2D eigenvalue weighted by Gasteiger charge is -2.37. The average Bonchev–Trinajstić information content (AvgIpc) is 3.42. The molecule has 0 bridgehead atoms. The first-order valence-electron chi connectivity index (χ1n) is 13.2. The zero-order chi connectivity index (χ0) is 30.7. The van der Waals surface area contributed by atoms with Crippen molar-refractivity contribution in [3.05, 3.63) is 82.2 Å². The van der Waals surface area contributed by atoms with Gasteiger partial charge in [-0.25, -0.2) is 4.68 Å². The van der Waals surface area contributed by atoms with Crippen LogP contribution in [0, 0.1) is 5.21 Å². The molecule has 14 heteroatoms. The van der Waals surface area contributed by atoms with Gasteiger partial charge in [-0.3, -0.25) is 14.8 Å². The van der Waals surface area contributed by atoms with E-state index in [1.807, 2.05) is 23.1 Å². The lowest BCUT2D eigenvalue weighted by atomic mass is 10.1. The number of hydrogen-bond donors (Lipinski definition) is 2. The summed E-state index contributed by atoms with van der Waals surface area (Å²) in [5.74, 6) is 0.434. The smallest absolute Gasteiger partial charge is 0.274 e. The highest BCUT2D eigenvalue weighted by Crippen LogP contribution is 2.38. The number of carbonyl (C=O) groups excluding carboxylic acids is 2. The highest BCUT2D eigenvalue weighted by atomic mass is 35.5. The van der Waals surface area contributed by atoms with E-state index in [1.54, 1.807) is 49.4 Å². The Morgan fingerprint density at radius 1 is 1.02 bits per heavy atom. The molecule has 13 nitrogen and oxygen atoms in total. The molecule has 1 aromatic heterocycles. The fraction of sp³-hybridized carbons (Fsp3) is 0.241. The van der Waals surface area contributed by atoms with E-state index in [4.69, 9.17) is 21.1 Å². The van der Waals surface area contributed by atoms with Gasteiger partial charge >= 0.3 is 0 Å². The first kappa shape index (κ1) is 29.6. The van der Waals surface area contributed by atoms with Gasteiger partial charge in [0.25, 0.3) is 11.8 Å². The molecule has 3 aromatic carbocycles. The van der Waals surface area contributed by atoms with Crippen molar-refractivity contribution in [2.24, 2.45) is 7.05 Å². The van der Waals surface area contributed by atoms with E-state index in [2.05, 4.69) is 15.6 Å². The van der Waals surface area contributed by atoms with E-state index >= 15 is 0 Å². The fourth-order valence-corrected chi connectivity index (χ4v) is 5.19. The number of halogens is 1. The molecule has 0 radical (unpaired) electrons. The van der Waals surface area contributed by atoms with Gasteiger partial charge in [0.05, 0.1) is 36.3 Å². The minimum Gasteiger partial charge on any atom is -0.733 e. The van der Waals surface area contributed by atoms with Crippen molar-refractivity contribution in [3.8, 4) is 22.8 Å². The van der Waals surface area contributed by atoms with Gasteiger partial charge in [-0.1, -0.05) is 28.9 Å². The van der Waals surface area contributed by atoms with E-state index in [0.717, 1.165) is 0 Å². The Hall–Kier alpha value is -4.85. The van der Waals surface area contributed by atoms with E-state index in [9.17, 15) is 20.0 Å². The third kappa shape index (κ3) is 6.04. The number of anilines is 3. The summed E-state index contributed by atoms with van der Waals surface area (Å²) >= 11 is 6.53. The van der Waals surface area contributed by atoms with Crippen molar-refractivity contribution in [2.45, 2.75) is 0 Å². The molecule has 1 aliphatic heterocycles. The molecule has 0 unspecified atom stereocenters. The van der Waals surface area contributed by atoms with Crippen molar-refractivity contribution in [2.75, 3.05) is 55.8 Å². The van der Waals surface area contributed by atoms with Crippen molar-refractivity contribution in [3.63, 3.8) is 0 Å². The highest BCUT2D eigenvalue weighted by molar-refractivity contribution is 6.34. The van der Waals surface area contributed by atoms with Gasteiger partial charge in [0.15, 0.2) is 5.69 Å². The summed E-state index contributed by atoms with van der Waals surface area (Å²) in [6.45, 7) is 1.53. The van der Waals surface area contributed by atoms with Crippen LogP contribution in [0.4, 0.5) is 17.1 Å². The topological polar surface area (TPSA) is 148 Å². The molecule has 2 N–H and O–H groups in total. The second-order valence-corrected chi connectivity index (χ2v) is 10.1. The van der Waals surface area contributed by atoms with Gasteiger partial charge in [0, 0.05) is 44.4 Å². The van der Waals surface area contributed by atoms with Crippen molar-refractivity contribution in [1.82, 2.24) is 19.9 Å². The quantitative estimate of drug-likeness (QED) is 0.281. The molecule has 1 fully saturated rings. The lowest BCUT2D eigenvalue weighted by molar-refractivity contribution is 0.0736. The highest BCUT2D eigenvalue weighted by Gasteiger charge is 2.30. The number of ether oxygens (including phenoxy) is 2. The number of rotatable bonds is 8.